The molecule has 0 aromatic heterocycles. The van der Waals surface area contributed by atoms with Crippen molar-refractivity contribution < 1.29 is 19.3 Å². The number of aromatic hydroxyl groups is 1. The molecule has 20 heavy (non-hydrogen) atoms. The van der Waals surface area contributed by atoms with Crippen LogP contribution in [0, 0.1) is 0 Å². The van der Waals surface area contributed by atoms with Crippen LogP contribution in [0.1, 0.15) is 5.56 Å². The van der Waals surface area contributed by atoms with Crippen LogP contribution in [0.3, 0.4) is 0 Å². The molecule has 0 saturated carbocycles. The highest BCUT2D eigenvalue weighted by molar-refractivity contribution is 5.55. The second kappa shape index (κ2) is 6.52. The van der Waals surface area contributed by atoms with E-state index in [1.165, 1.54) is 7.11 Å². The molecule has 0 spiro atoms. The summed E-state index contributed by atoms with van der Waals surface area (Å²) >= 11 is 0. The van der Waals surface area contributed by atoms with Crippen LogP contribution < -0.4 is 14.2 Å². The summed E-state index contributed by atoms with van der Waals surface area (Å²) in [7, 11) is 3.10. The van der Waals surface area contributed by atoms with Gasteiger partial charge in [0, 0.05) is 0 Å². The van der Waals surface area contributed by atoms with Crippen molar-refractivity contribution in [2.45, 2.75) is 0 Å². The minimum atomic E-state index is 0.107. The molecule has 1 N–H and O–H groups in total. The Kier molecular flexibility index (Phi) is 4.50. The maximum atomic E-state index is 9.51. The molecule has 4 nitrogen and oxygen atoms in total. The van der Waals surface area contributed by atoms with Crippen LogP contribution in [0.2, 0.25) is 0 Å². The van der Waals surface area contributed by atoms with Crippen LogP contribution in [0.4, 0.5) is 0 Å². The van der Waals surface area contributed by atoms with E-state index in [2.05, 4.69) is 0 Å². The fraction of sp³-hybridized carbons (Fsp3) is 0.125. The molecule has 0 heterocycles. The Bertz CT molecular complexity index is 605. The van der Waals surface area contributed by atoms with Crippen molar-refractivity contribution in [2.75, 3.05) is 14.2 Å². The molecule has 0 bridgehead atoms. The topological polar surface area (TPSA) is 47.9 Å². The van der Waals surface area contributed by atoms with Gasteiger partial charge in [-0.05, 0) is 35.9 Å². The predicted molar refractivity (Wildman–Crippen MR) is 77.3 cm³/mol. The molecule has 0 saturated heterocycles. The van der Waals surface area contributed by atoms with Gasteiger partial charge in [-0.3, -0.25) is 0 Å². The minimum Gasteiger partial charge on any atom is -0.504 e. The van der Waals surface area contributed by atoms with E-state index in [0.717, 1.165) is 5.56 Å². The zero-order chi connectivity index (χ0) is 14.4. The van der Waals surface area contributed by atoms with Gasteiger partial charge < -0.3 is 19.3 Å². The smallest absolute Gasteiger partial charge is 0.168 e. The summed E-state index contributed by atoms with van der Waals surface area (Å²) in [5, 5.41) is 9.51. The Morgan fingerprint density at radius 1 is 0.900 bits per heavy atom. The summed E-state index contributed by atoms with van der Waals surface area (Å²) in [6, 6.07) is 12.4. The fourth-order valence-electron chi connectivity index (χ4n) is 1.70. The molecule has 0 aliphatic heterocycles. The molecular weight excluding hydrogens is 256 g/mol. The molecule has 2 aromatic rings. The van der Waals surface area contributed by atoms with Crippen LogP contribution in [0.25, 0.3) is 6.08 Å². The number of rotatable bonds is 5. The average molecular weight is 272 g/mol. The second-order valence-electron chi connectivity index (χ2n) is 4.00. The molecule has 0 fully saturated rings. The van der Waals surface area contributed by atoms with Crippen LogP contribution in [0.5, 0.6) is 23.0 Å². The largest absolute Gasteiger partial charge is 0.504 e. The summed E-state index contributed by atoms with van der Waals surface area (Å²) < 4.78 is 15.8. The lowest BCUT2D eigenvalue weighted by atomic mass is 10.2. The number of phenols is 1. The summed E-state index contributed by atoms with van der Waals surface area (Å²) in [6.45, 7) is 0. The van der Waals surface area contributed by atoms with Crippen LogP contribution in [-0.2, 0) is 0 Å². The van der Waals surface area contributed by atoms with Gasteiger partial charge in [0.05, 0.1) is 20.5 Å². The number of methoxy groups -OCH3 is 2. The first-order valence-corrected chi connectivity index (χ1v) is 6.08. The van der Waals surface area contributed by atoms with Crippen molar-refractivity contribution in [1.82, 2.24) is 0 Å². The predicted octanol–water partition coefficient (Wildman–Crippen LogP) is 3.46. The van der Waals surface area contributed by atoms with E-state index in [1.54, 1.807) is 37.6 Å². The van der Waals surface area contributed by atoms with Crippen molar-refractivity contribution in [2.24, 2.45) is 0 Å². The van der Waals surface area contributed by atoms with Crippen molar-refractivity contribution in [1.29, 1.82) is 0 Å². The van der Waals surface area contributed by atoms with Crippen LogP contribution >= 0.6 is 0 Å². The van der Waals surface area contributed by atoms with E-state index >= 15 is 0 Å². The Morgan fingerprint density at radius 2 is 1.60 bits per heavy atom. The summed E-state index contributed by atoms with van der Waals surface area (Å²) in [5.41, 5.74) is 0.856. The Balaban J connectivity index is 2.10. The molecule has 0 aliphatic rings. The summed E-state index contributed by atoms with van der Waals surface area (Å²) in [4.78, 5) is 0. The van der Waals surface area contributed by atoms with Gasteiger partial charge in [0.25, 0.3) is 0 Å². The quantitative estimate of drug-likeness (QED) is 0.847. The van der Waals surface area contributed by atoms with E-state index in [0.29, 0.717) is 17.2 Å². The zero-order valence-electron chi connectivity index (χ0n) is 11.4. The third-order valence-electron chi connectivity index (χ3n) is 2.73. The molecule has 104 valence electrons. The van der Waals surface area contributed by atoms with Crippen LogP contribution in [-0.4, -0.2) is 19.3 Å². The first-order valence-electron chi connectivity index (χ1n) is 6.08. The Morgan fingerprint density at radius 3 is 2.30 bits per heavy atom. The Labute approximate surface area is 117 Å². The van der Waals surface area contributed by atoms with Gasteiger partial charge >= 0.3 is 0 Å². The van der Waals surface area contributed by atoms with E-state index < -0.39 is 0 Å². The number of hydrogen-bond donors (Lipinski definition) is 1. The van der Waals surface area contributed by atoms with Crippen molar-refractivity contribution in [3.63, 3.8) is 0 Å². The zero-order valence-corrected chi connectivity index (χ0v) is 11.4. The highest BCUT2D eigenvalue weighted by Crippen LogP contribution is 2.28. The third kappa shape index (κ3) is 3.23. The van der Waals surface area contributed by atoms with E-state index in [-0.39, 0.29) is 5.75 Å². The number of para-hydroxylation sites is 2. The summed E-state index contributed by atoms with van der Waals surface area (Å²) in [6.07, 6.45) is 3.33. The molecule has 0 unspecified atom stereocenters. The lowest BCUT2D eigenvalue weighted by Gasteiger charge is -2.06. The highest BCUT2D eigenvalue weighted by Gasteiger charge is 2.02. The third-order valence-corrected chi connectivity index (χ3v) is 2.73. The molecule has 0 atom stereocenters. The van der Waals surface area contributed by atoms with Gasteiger partial charge in [0.15, 0.2) is 23.0 Å². The average Bonchev–Trinajstić information content (AvgIpc) is 2.49. The maximum Gasteiger partial charge on any atom is 0.168 e. The lowest BCUT2D eigenvalue weighted by molar-refractivity contribution is 0.373. The van der Waals surface area contributed by atoms with Gasteiger partial charge in [-0.2, -0.15) is 0 Å². The van der Waals surface area contributed by atoms with Gasteiger partial charge in [0.1, 0.15) is 0 Å². The highest BCUT2D eigenvalue weighted by atomic mass is 16.5. The number of ether oxygens (including phenoxy) is 3. The van der Waals surface area contributed by atoms with Gasteiger partial charge in [-0.1, -0.05) is 18.2 Å². The summed E-state index contributed by atoms with van der Waals surface area (Å²) in [5.74, 6) is 1.83. The van der Waals surface area contributed by atoms with Crippen molar-refractivity contribution >= 4 is 6.08 Å². The normalized spacial score (nSPS) is 10.5. The minimum absolute atomic E-state index is 0.107. The van der Waals surface area contributed by atoms with Gasteiger partial charge in [-0.25, -0.2) is 0 Å². The number of benzene rings is 2. The monoisotopic (exact) mass is 272 g/mol. The molecule has 0 aliphatic carbocycles. The molecule has 2 rings (SSSR count). The van der Waals surface area contributed by atoms with E-state index in [9.17, 15) is 5.11 Å². The fourth-order valence-corrected chi connectivity index (χ4v) is 1.70. The molecule has 0 amide bonds. The van der Waals surface area contributed by atoms with Crippen molar-refractivity contribution in [3.05, 3.63) is 54.3 Å². The van der Waals surface area contributed by atoms with Gasteiger partial charge in [-0.15, -0.1) is 0 Å². The molecule has 0 radical (unpaired) electrons. The molecular formula is C16H16O4. The van der Waals surface area contributed by atoms with Gasteiger partial charge in [0.2, 0.25) is 0 Å². The number of hydrogen-bond acceptors (Lipinski definition) is 4. The van der Waals surface area contributed by atoms with Crippen LogP contribution in [0.15, 0.2) is 48.7 Å². The SMILES string of the molecule is COc1cc(/C=C/Oc2ccccc2OC)ccc1O. The van der Waals surface area contributed by atoms with Crippen molar-refractivity contribution in [3.8, 4) is 23.0 Å². The first-order chi connectivity index (χ1) is 9.74. The van der Waals surface area contributed by atoms with E-state index in [4.69, 9.17) is 14.2 Å². The molecule has 4 heteroatoms. The number of phenolic OH excluding ortho intramolecular Hbond substituents is 1. The first kappa shape index (κ1) is 13.8. The second-order valence-corrected chi connectivity index (χ2v) is 4.00. The standard InChI is InChI=1S/C16H16O4/c1-18-14-5-3-4-6-15(14)20-10-9-12-7-8-13(17)16(11-12)19-2/h3-11,17H,1-2H3/b10-9+. The maximum absolute atomic E-state index is 9.51. The Hall–Kier alpha value is -2.62. The molecule has 2 aromatic carbocycles. The van der Waals surface area contributed by atoms with E-state index in [1.807, 2.05) is 24.3 Å². The lowest BCUT2D eigenvalue weighted by Crippen LogP contribution is -1.89.